The molecule has 4 N–H and O–H groups in total. The first-order chi connectivity index (χ1) is 7.08. The summed E-state index contributed by atoms with van der Waals surface area (Å²) in [5, 5.41) is 19.6. The molecule has 0 saturated heterocycles. The highest BCUT2D eigenvalue weighted by Gasteiger charge is 2.05. The van der Waals surface area contributed by atoms with E-state index in [1.54, 1.807) is 12.1 Å². The number of aromatic hydroxyl groups is 1. The first-order valence-corrected chi connectivity index (χ1v) is 4.33. The van der Waals surface area contributed by atoms with E-state index in [-0.39, 0.29) is 17.0 Å². The normalized spacial score (nSPS) is 10.4. The van der Waals surface area contributed by atoms with Crippen molar-refractivity contribution in [2.45, 2.75) is 0 Å². The number of benzene rings is 2. The molecule has 0 radical (unpaired) electrons. The van der Waals surface area contributed by atoms with Crippen LogP contribution in [0, 0.1) is 0 Å². The van der Waals surface area contributed by atoms with Crippen molar-refractivity contribution in [2.24, 2.45) is 0 Å². The molecule has 0 spiro atoms. The minimum atomic E-state index is -0.983. The molecule has 4 heteroatoms. The van der Waals surface area contributed by atoms with Gasteiger partial charge in [-0.05, 0) is 35.0 Å². The molecule has 0 saturated carbocycles. The molecule has 0 bridgehead atoms. The monoisotopic (exact) mass is 203 g/mol. The molecule has 0 aliphatic heterocycles. The maximum Gasteiger partial charge on any atom is 0.335 e. The van der Waals surface area contributed by atoms with Crippen LogP contribution < -0.4 is 5.73 Å². The summed E-state index contributed by atoms with van der Waals surface area (Å²) < 4.78 is 0. The van der Waals surface area contributed by atoms with Crippen LogP contribution in [0.25, 0.3) is 10.8 Å². The molecular weight excluding hydrogens is 194 g/mol. The lowest BCUT2D eigenvalue weighted by molar-refractivity contribution is 0.0697. The summed E-state index contributed by atoms with van der Waals surface area (Å²) in [7, 11) is 0. The van der Waals surface area contributed by atoms with Crippen LogP contribution in [0.15, 0.2) is 30.3 Å². The molecule has 0 fully saturated rings. The van der Waals surface area contributed by atoms with Crippen molar-refractivity contribution in [3.8, 4) is 5.75 Å². The number of nitrogen functional groups attached to an aromatic ring is 1. The topological polar surface area (TPSA) is 83.6 Å². The predicted octanol–water partition coefficient (Wildman–Crippen LogP) is 1.83. The average Bonchev–Trinajstić information content (AvgIpc) is 2.19. The number of carbonyl (C=O) groups is 1. The summed E-state index contributed by atoms with van der Waals surface area (Å²) in [5.74, 6) is -0.978. The Hall–Kier alpha value is -2.23. The van der Waals surface area contributed by atoms with Gasteiger partial charge in [0.05, 0.1) is 11.3 Å². The number of phenolic OH excluding ortho intramolecular Hbond substituents is 1. The van der Waals surface area contributed by atoms with Crippen LogP contribution in [-0.4, -0.2) is 16.2 Å². The summed E-state index contributed by atoms with van der Waals surface area (Å²) in [6, 6.07) is 7.71. The second kappa shape index (κ2) is 3.16. The molecule has 0 unspecified atom stereocenters. The molecule has 76 valence electrons. The van der Waals surface area contributed by atoms with E-state index in [4.69, 9.17) is 10.8 Å². The van der Waals surface area contributed by atoms with Crippen molar-refractivity contribution < 1.29 is 15.0 Å². The van der Waals surface area contributed by atoms with Gasteiger partial charge in [-0.3, -0.25) is 0 Å². The number of hydrogen-bond donors (Lipinski definition) is 3. The van der Waals surface area contributed by atoms with Gasteiger partial charge in [0, 0.05) is 0 Å². The lowest BCUT2D eigenvalue weighted by atomic mass is 10.1. The van der Waals surface area contributed by atoms with E-state index >= 15 is 0 Å². The Morgan fingerprint density at radius 2 is 1.87 bits per heavy atom. The number of anilines is 1. The second-order valence-corrected chi connectivity index (χ2v) is 3.28. The molecule has 4 nitrogen and oxygen atoms in total. The van der Waals surface area contributed by atoms with Crippen LogP contribution in [0.2, 0.25) is 0 Å². The minimum Gasteiger partial charge on any atom is -0.506 e. The van der Waals surface area contributed by atoms with E-state index in [9.17, 15) is 9.90 Å². The van der Waals surface area contributed by atoms with Crippen molar-refractivity contribution in [3.05, 3.63) is 35.9 Å². The highest BCUT2D eigenvalue weighted by atomic mass is 16.4. The van der Waals surface area contributed by atoms with Gasteiger partial charge in [-0.25, -0.2) is 4.79 Å². The van der Waals surface area contributed by atoms with Crippen LogP contribution in [-0.2, 0) is 0 Å². The standard InChI is InChI=1S/C11H9NO3/c12-9-4-8-3-7(11(14)15)2-1-6(8)5-10(9)13/h1-5,13H,12H2,(H,14,15). The number of carboxylic acid groups (broad SMARTS) is 1. The Labute approximate surface area is 85.6 Å². The molecule has 0 aromatic heterocycles. The molecule has 0 atom stereocenters. The Morgan fingerprint density at radius 1 is 1.13 bits per heavy atom. The summed E-state index contributed by atoms with van der Waals surface area (Å²) in [4.78, 5) is 10.7. The number of carboxylic acids is 1. The molecule has 2 aromatic carbocycles. The van der Waals surface area contributed by atoms with Crippen molar-refractivity contribution in [1.29, 1.82) is 0 Å². The fraction of sp³-hybridized carbons (Fsp3) is 0. The van der Waals surface area contributed by atoms with E-state index in [2.05, 4.69) is 0 Å². The van der Waals surface area contributed by atoms with Crippen LogP contribution >= 0.6 is 0 Å². The third kappa shape index (κ3) is 1.57. The van der Waals surface area contributed by atoms with Crippen LogP contribution in [0.3, 0.4) is 0 Å². The summed E-state index contributed by atoms with van der Waals surface area (Å²) >= 11 is 0. The zero-order chi connectivity index (χ0) is 11.0. The van der Waals surface area contributed by atoms with Crippen LogP contribution in [0.4, 0.5) is 5.69 Å². The lowest BCUT2D eigenvalue weighted by Crippen LogP contribution is -1.95. The highest BCUT2D eigenvalue weighted by Crippen LogP contribution is 2.27. The number of rotatable bonds is 1. The van der Waals surface area contributed by atoms with Crippen molar-refractivity contribution in [3.63, 3.8) is 0 Å². The fourth-order valence-electron chi connectivity index (χ4n) is 1.44. The van der Waals surface area contributed by atoms with E-state index < -0.39 is 5.97 Å². The first-order valence-electron chi connectivity index (χ1n) is 4.33. The molecule has 15 heavy (non-hydrogen) atoms. The van der Waals surface area contributed by atoms with Crippen molar-refractivity contribution in [2.75, 3.05) is 5.73 Å². The van der Waals surface area contributed by atoms with Gasteiger partial charge in [0.25, 0.3) is 0 Å². The molecule has 0 aliphatic carbocycles. The molecule has 0 amide bonds. The van der Waals surface area contributed by atoms with Gasteiger partial charge in [0.1, 0.15) is 5.75 Å². The molecule has 0 aliphatic rings. The maximum atomic E-state index is 10.7. The number of fused-ring (bicyclic) bond motifs is 1. The summed E-state index contributed by atoms with van der Waals surface area (Å²) in [6.45, 7) is 0. The van der Waals surface area contributed by atoms with Gasteiger partial charge < -0.3 is 15.9 Å². The summed E-state index contributed by atoms with van der Waals surface area (Å²) in [6.07, 6.45) is 0. The Balaban J connectivity index is 2.72. The quantitative estimate of drug-likeness (QED) is 0.487. The SMILES string of the molecule is Nc1cc2cc(C(=O)O)ccc2cc1O. The second-order valence-electron chi connectivity index (χ2n) is 3.28. The largest absolute Gasteiger partial charge is 0.506 e. The molecular formula is C11H9NO3. The molecule has 2 aromatic rings. The fourth-order valence-corrected chi connectivity index (χ4v) is 1.44. The Morgan fingerprint density at radius 3 is 2.53 bits per heavy atom. The van der Waals surface area contributed by atoms with E-state index in [1.165, 1.54) is 18.2 Å². The smallest absolute Gasteiger partial charge is 0.335 e. The minimum absolute atomic E-state index is 0.00516. The number of aromatic carboxylic acids is 1. The maximum absolute atomic E-state index is 10.7. The van der Waals surface area contributed by atoms with Gasteiger partial charge in [0.2, 0.25) is 0 Å². The zero-order valence-corrected chi connectivity index (χ0v) is 7.77. The number of phenols is 1. The van der Waals surface area contributed by atoms with Gasteiger partial charge >= 0.3 is 5.97 Å². The van der Waals surface area contributed by atoms with Gasteiger partial charge in [-0.2, -0.15) is 0 Å². The number of nitrogens with two attached hydrogens (primary N) is 1. The summed E-state index contributed by atoms with van der Waals surface area (Å²) in [5.41, 5.74) is 5.96. The van der Waals surface area contributed by atoms with Gasteiger partial charge in [-0.1, -0.05) is 6.07 Å². The van der Waals surface area contributed by atoms with E-state index in [0.717, 1.165) is 5.39 Å². The van der Waals surface area contributed by atoms with Crippen LogP contribution in [0.1, 0.15) is 10.4 Å². The Kier molecular flexibility index (Phi) is 1.97. The predicted molar refractivity (Wildman–Crippen MR) is 57.0 cm³/mol. The Bertz CT molecular complexity index is 549. The van der Waals surface area contributed by atoms with Crippen molar-refractivity contribution >= 4 is 22.4 Å². The average molecular weight is 203 g/mol. The zero-order valence-electron chi connectivity index (χ0n) is 7.77. The first kappa shape index (κ1) is 9.33. The van der Waals surface area contributed by atoms with Gasteiger partial charge in [-0.15, -0.1) is 0 Å². The highest BCUT2D eigenvalue weighted by molar-refractivity contribution is 5.96. The third-order valence-electron chi connectivity index (χ3n) is 2.23. The molecule has 0 heterocycles. The van der Waals surface area contributed by atoms with Crippen LogP contribution in [0.5, 0.6) is 5.75 Å². The lowest BCUT2D eigenvalue weighted by Gasteiger charge is -2.03. The third-order valence-corrected chi connectivity index (χ3v) is 2.23. The van der Waals surface area contributed by atoms with E-state index in [0.29, 0.717) is 5.39 Å². The van der Waals surface area contributed by atoms with E-state index in [1.807, 2.05) is 0 Å². The van der Waals surface area contributed by atoms with Gasteiger partial charge in [0.15, 0.2) is 0 Å². The van der Waals surface area contributed by atoms with Crippen molar-refractivity contribution in [1.82, 2.24) is 0 Å². The molecule has 2 rings (SSSR count). The number of hydrogen-bond acceptors (Lipinski definition) is 3.